The van der Waals surface area contributed by atoms with E-state index in [1.54, 1.807) is 0 Å². The van der Waals surface area contributed by atoms with Crippen LogP contribution in [0.25, 0.3) is 21.9 Å². The molecule has 21 heavy (non-hydrogen) atoms. The molecule has 2 aromatic heterocycles. The number of hydrogen-bond acceptors (Lipinski definition) is 6. The number of furan rings is 1. The Morgan fingerprint density at radius 3 is 2.62 bits per heavy atom. The van der Waals surface area contributed by atoms with Crippen molar-refractivity contribution in [3.63, 3.8) is 0 Å². The van der Waals surface area contributed by atoms with E-state index in [-0.39, 0.29) is 34.3 Å². The first-order valence-electron chi connectivity index (χ1n) is 6.02. The summed E-state index contributed by atoms with van der Waals surface area (Å²) >= 11 is 0. The quantitative estimate of drug-likeness (QED) is 0.623. The smallest absolute Gasteiger partial charge is 0.336 e. The maximum Gasteiger partial charge on any atom is 0.336 e. The number of aliphatic hydroxyl groups excluding tert-OH is 1. The van der Waals surface area contributed by atoms with E-state index in [2.05, 4.69) is 0 Å². The molecule has 3 aromatic rings. The minimum atomic E-state index is -1.07. The second-order valence-corrected chi connectivity index (χ2v) is 4.55. The van der Waals surface area contributed by atoms with Crippen molar-refractivity contribution in [2.75, 3.05) is 0 Å². The largest absolute Gasteiger partial charge is 0.507 e. The average molecular weight is 290 g/mol. The van der Waals surface area contributed by atoms with Crippen molar-refractivity contribution in [2.45, 2.75) is 13.0 Å². The first kappa shape index (κ1) is 13.2. The summed E-state index contributed by atoms with van der Waals surface area (Å²) < 4.78 is 10.3. The molecule has 0 atom stereocenters. The number of rotatable bonds is 3. The fraction of sp³-hybridized carbons (Fsp3) is 0.143. The van der Waals surface area contributed by atoms with Gasteiger partial charge in [0.25, 0.3) is 0 Å². The maximum absolute atomic E-state index is 11.6. The molecule has 7 nitrogen and oxygen atoms in total. The Labute approximate surface area is 116 Å². The molecule has 0 amide bonds. The zero-order chi connectivity index (χ0) is 15.1. The van der Waals surface area contributed by atoms with Crippen LogP contribution in [0.2, 0.25) is 0 Å². The van der Waals surface area contributed by atoms with Gasteiger partial charge >= 0.3 is 11.6 Å². The molecule has 0 saturated heterocycles. The Kier molecular flexibility index (Phi) is 2.91. The minimum absolute atomic E-state index is 0.00606. The molecule has 0 saturated carbocycles. The van der Waals surface area contributed by atoms with Crippen molar-refractivity contribution >= 4 is 27.9 Å². The molecule has 0 aliphatic heterocycles. The molecule has 3 rings (SSSR count). The number of fused-ring (bicyclic) bond motifs is 3. The topological polar surface area (TPSA) is 121 Å². The summed E-state index contributed by atoms with van der Waals surface area (Å²) in [5, 5.41) is 28.7. The van der Waals surface area contributed by atoms with Gasteiger partial charge in [0.05, 0.1) is 30.1 Å². The predicted octanol–water partition coefficient (Wildman–Crippen LogP) is 1.36. The first-order chi connectivity index (χ1) is 10.0. The van der Waals surface area contributed by atoms with Crippen LogP contribution in [0.15, 0.2) is 32.0 Å². The summed E-state index contributed by atoms with van der Waals surface area (Å²) in [7, 11) is 0. The number of carboxylic acid groups (broad SMARTS) is 1. The zero-order valence-electron chi connectivity index (χ0n) is 10.6. The monoisotopic (exact) mass is 290 g/mol. The van der Waals surface area contributed by atoms with Gasteiger partial charge in [0.1, 0.15) is 11.3 Å². The van der Waals surface area contributed by atoms with E-state index in [0.717, 1.165) is 6.07 Å². The molecule has 7 heteroatoms. The number of hydrogen-bond donors (Lipinski definition) is 3. The Hall–Kier alpha value is -2.80. The van der Waals surface area contributed by atoms with Crippen molar-refractivity contribution in [3.8, 4) is 5.75 Å². The van der Waals surface area contributed by atoms with Crippen LogP contribution in [0.5, 0.6) is 5.75 Å². The molecule has 0 unspecified atom stereocenters. The number of aliphatic hydroxyl groups is 1. The highest BCUT2D eigenvalue weighted by atomic mass is 16.4. The lowest BCUT2D eigenvalue weighted by Crippen LogP contribution is -2.02. The number of aromatic hydroxyl groups is 1. The van der Waals surface area contributed by atoms with Crippen LogP contribution in [-0.2, 0) is 17.8 Å². The molecule has 3 N–H and O–H groups in total. The van der Waals surface area contributed by atoms with Crippen molar-refractivity contribution in [1.29, 1.82) is 0 Å². The highest BCUT2D eigenvalue weighted by Crippen LogP contribution is 2.37. The molecule has 108 valence electrons. The third-order valence-corrected chi connectivity index (χ3v) is 3.20. The summed E-state index contributed by atoms with van der Waals surface area (Å²) in [6.07, 6.45) is 0.920. The van der Waals surface area contributed by atoms with Crippen LogP contribution in [0, 0.1) is 0 Å². The normalized spacial score (nSPS) is 11.3. The zero-order valence-corrected chi connectivity index (χ0v) is 10.6. The Morgan fingerprint density at radius 2 is 1.95 bits per heavy atom. The van der Waals surface area contributed by atoms with Crippen LogP contribution in [0.3, 0.4) is 0 Å². The highest BCUT2D eigenvalue weighted by molar-refractivity contribution is 6.08. The lowest BCUT2D eigenvalue weighted by molar-refractivity contribution is -0.136. The van der Waals surface area contributed by atoms with E-state index < -0.39 is 18.2 Å². The van der Waals surface area contributed by atoms with E-state index in [1.807, 2.05) is 0 Å². The Bertz CT molecular complexity index is 916. The standard InChI is InChI=1S/C14H10O7/c15-4-6-2-11(19)21-14-12(6)8(16)3-9-13(14)7(5-20-9)1-10(17)18/h2-3,5,15-16H,1,4H2,(H,17,18). The van der Waals surface area contributed by atoms with Gasteiger partial charge in [-0.3, -0.25) is 4.79 Å². The van der Waals surface area contributed by atoms with Crippen molar-refractivity contribution in [1.82, 2.24) is 0 Å². The van der Waals surface area contributed by atoms with E-state index >= 15 is 0 Å². The fourth-order valence-electron chi connectivity index (χ4n) is 2.39. The Morgan fingerprint density at radius 1 is 1.19 bits per heavy atom. The molecule has 0 bridgehead atoms. The molecule has 0 radical (unpaired) electrons. The van der Waals surface area contributed by atoms with Crippen molar-refractivity contribution in [3.05, 3.63) is 39.9 Å². The number of carbonyl (C=O) groups is 1. The summed E-state index contributed by atoms with van der Waals surface area (Å²) in [6.45, 7) is -0.465. The van der Waals surface area contributed by atoms with E-state index in [9.17, 15) is 19.8 Å². The number of aliphatic carboxylic acids is 1. The van der Waals surface area contributed by atoms with Crippen LogP contribution >= 0.6 is 0 Å². The van der Waals surface area contributed by atoms with Crippen LogP contribution in [0.4, 0.5) is 0 Å². The van der Waals surface area contributed by atoms with Gasteiger partial charge in [0.15, 0.2) is 5.58 Å². The van der Waals surface area contributed by atoms with Gasteiger partial charge in [0.2, 0.25) is 0 Å². The van der Waals surface area contributed by atoms with Crippen LogP contribution in [0.1, 0.15) is 11.1 Å². The second-order valence-electron chi connectivity index (χ2n) is 4.55. The number of phenols is 1. The van der Waals surface area contributed by atoms with Gasteiger partial charge < -0.3 is 24.2 Å². The fourth-order valence-corrected chi connectivity index (χ4v) is 2.39. The molecule has 1 aromatic carbocycles. The second kappa shape index (κ2) is 4.64. The molecule has 2 heterocycles. The summed E-state index contributed by atoms with van der Waals surface area (Å²) in [4.78, 5) is 22.4. The first-order valence-corrected chi connectivity index (χ1v) is 6.02. The van der Waals surface area contributed by atoms with Crippen molar-refractivity contribution in [2.24, 2.45) is 0 Å². The molecule has 0 aliphatic rings. The maximum atomic E-state index is 11.6. The summed E-state index contributed by atoms with van der Waals surface area (Å²) in [5.41, 5.74) is 0.0193. The SMILES string of the molecule is O=C(O)Cc1coc2cc(O)c3c(CO)cc(=O)oc3c12. The average Bonchev–Trinajstić information content (AvgIpc) is 2.79. The van der Waals surface area contributed by atoms with E-state index in [4.69, 9.17) is 13.9 Å². The van der Waals surface area contributed by atoms with Gasteiger partial charge in [-0.25, -0.2) is 4.79 Å². The van der Waals surface area contributed by atoms with Crippen LogP contribution < -0.4 is 5.63 Å². The molecule has 0 aliphatic carbocycles. The number of benzene rings is 1. The van der Waals surface area contributed by atoms with Crippen molar-refractivity contribution < 1.29 is 28.9 Å². The molecule has 0 spiro atoms. The predicted molar refractivity (Wildman–Crippen MR) is 71.2 cm³/mol. The lowest BCUT2D eigenvalue weighted by Gasteiger charge is -2.06. The minimum Gasteiger partial charge on any atom is -0.507 e. The van der Waals surface area contributed by atoms with Crippen LogP contribution in [-0.4, -0.2) is 21.3 Å². The lowest BCUT2D eigenvalue weighted by atomic mass is 10.0. The van der Waals surface area contributed by atoms with E-state index in [1.165, 1.54) is 12.3 Å². The number of phenolic OH excluding ortho intramolecular Hbond substituents is 1. The van der Waals surface area contributed by atoms with E-state index in [0.29, 0.717) is 10.9 Å². The van der Waals surface area contributed by atoms with Gasteiger partial charge in [-0.15, -0.1) is 0 Å². The summed E-state index contributed by atoms with van der Waals surface area (Å²) in [5.74, 6) is -1.29. The number of carboxylic acids is 1. The third kappa shape index (κ3) is 2.03. The molecule has 0 fully saturated rings. The Balaban J connectivity index is 2.50. The molecular weight excluding hydrogens is 280 g/mol. The highest BCUT2D eigenvalue weighted by Gasteiger charge is 2.19. The molecular formula is C14H10O7. The van der Waals surface area contributed by atoms with Gasteiger partial charge in [-0.1, -0.05) is 0 Å². The van der Waals surface area contributed by atoms with Gasteiger partial charge in [0, 0.05) is 17.7 Å². The van der Waals surface area contributed by atoms with Gasteiger partial charge in [-0.2, -0.15) is 0 Å². The third-order valence-electron chi connectivity index (χ3n) is 3.20. The summed E-state index contributed by atoms with van der Waals surface area (Å²) in [6, 6.07) is 2.37. The van der Waals surface area contributed by atoms with Gasteiger partial charge in [-0.05, 0) is 5.56 Å².